The predicted octanol–water partition coefficient (Wildman–Crippen LogP) is 2.56. The van der Waals surface area contributed by atoms with E-state index in [4.69, 9.17) is 0 Å². The maximum Gasteiger partial charge on any atom is 0.0165 e. The molecule has 0 aromatic carbocycles. The van der Waals surface area contributed by atoms with Gasteiger partial charge in [0.25, 0.3) is 0 Å². The average Bonchev–Trinajstić information content (AvgIpc) is 2.33. The Bertz CT molecular complexity index is 229. The summed E-state index contributed by atoms with van der Waals surface area (Å²) in [5.41, 5.74) is 1.57. The van der Waals surface area contributed by atoms with Gasteiger partial charge in [0.2, 0.25) is 0 Å². The molecular formula is C14H26N2. The molecule has 0 radical (unpaired) electrons. The summed E-state index contributed by atoms with van der Waals surface area (Å²) in [7, 11) is 0. The molecule has 1 fully saturated rings. The second kappa shape index (κ2) is 6.41. The number of nitrogens with one attached hydrogen (secondary N) is 1. The van der Waals surface area contributed by atoms with Crippen LogP contribution in [0.15, 0.2) is 11.6 Å². The predicted molar refractivity (Wildman–Crippen MR) is 69.7 cm³/mol. The van der Waals surface area contributed by atoms with Crippen LogP contribution < -0.4 is 5.32 Å². The van der Waals surface area contributed by atoms with Crippen LogP contribution in [0.2, 0.25) is 0 Å². The fourth-order valence-electron chi connectivity index (χ4n) is 2.75. The van der Waals surface area contributed by atoms with E-state index in [-0.39, 0.29) is 0 Å². The lowest BCUT2D eigenvalue weighted by molar-refractivity contribution is 0.274. The quantitative estimate of drug-likeness (QED) is 0.735. The zero-order valence-corrected chi connectivity index (χ0v) is 10.7. The Labute approximate surface area is 100 Å². The Morgan fingerprint density at radius 3 is 3.06 bits per heavy atom. The Balaban J connectivity index is 1.57. The molecule has 2 aliphatic heterocycles. The van der Waals surface area contributed by atoms with Crippen LogP contribution in [0.25, 0.3) is 0 Å². The summed E-state index contributed by atoms with van der Waals surface area (Å²) in [6, 6.07) is 0.816. The van der Waals surface area contributed by atoms with Crippen LogP contribution >= 0.6 is 0 Å². The SMILES string of the molecule is CC1=CCN(CCCC2CCCCN2)CC1. The van der Waals surface area contributed by atoms with Crippen LogP contribution in [0, 0.1) is 0 Å². The molecule has 0 bridgehead atoms. The first-order chi connectivity index (χ1) is 7.84. The van der Waals surface area contributed by atoms with E-state index in [9.17, 15) is 0 Å². The maximum atomic E-state index is 3.63. The van der Waals surface area contributed by atoms with Crippen molar-refractivity contribution in [2.24, 2.45) is 0 Å². The van der Waals surface area contributed by atoms with Crippen molar-refractivity contribution in [3.63, 3.8) is 0 Å². The van der Waals surface area contributed by atoms with Crippen LogP contribution in [0.4, 0.5) is 0 Å². The number of nitrogens with zero attached hydrogens (tertiary/aromatic N) is 1. The van der Waals surface area contributed by atoms with Crippen molar-refractivity contribution in [1.29, 1.82) is 0 Å². The van der Waals surface area contributed by atoms with Gasteiger partial charge >= 0.3 is 0 Å². The van der Waals surface area contributed by atoms with Crippen LogP contribution in [-0.4, -0.2) is 37.1 Å². The minimum Gasteiger partial charge on any atom is -0.314 e. The van der Waals surface area contributed by atoms with Gasteiger partial charge in [-0.2, -0.15) is 0 Å². The van der Waals surface area contributed by atoms with Gasteiger partial charge < -0.3 is 5.32 Å². The van der Waals surface area contributed by atoms with Crippen molar-refractivity contribution < 1.29 is 0 Å². The van der Waals surface area contributed by atoms with Crippen molar-refractivity contribution in [2.45, 2.75) is 51.5 Å². The topological polar surface area (TPSA) is 15.3 Å². The maximum absolute atomic E-state index is 3.63. The number of hydrogen-bond acceptors (Lipinski definition) is 2. The monoisotopic (exact) mass is 222 g/mol. The van der Waals surface area contributed by atoms with Gasteiger partial charge in [0.15, 0.2) is 0 Å². The van der Waals surface area contributed by atoms with Gasteiger partial charge in [-0.25, -0.2) is 0 Å². The van der Waals surface area contributed by atoms with E-state index in [0.717, 1.165) is 6.04 Å². The second-order valence-corrected chi connectivity index (χ2v) is 5.39. The average molecular weight is 222 g/mol. The highest BCUT2D eigenvalue weighted by molar-refractivity contribution is 5.03. The molecular weight excluding hydrogens is 196 g/mol. The van der Waals surface area contributed by atoms with Crippen LogP contribution in [0.3, 0.4) is 0 Å². The van der Waals surface area contributed by atoms with E-state index < -0.39 is 0 Å². The lowest BCUT2D eigenvalue weighted by Gasteiger charge is -2.27. The van der Waals surface area contributed by atoms with Gasteiger partial charge in [-0.3, -0.25) is 4.90 Å². The van der Waals surface area contributed by atoms with E-state index in [1.165, 1.54) is 64.7 Å². The zero-order valence-electron chi connectivity index (χ0n) is 10.7. The van der Waals surface area contributed by atoms with Crippen LogP contribution in [0.5, 0.6) is 0 Å². The first-order valence-corrected chi connectivity index (χ1v) is 6.96. The van der Waals surface area contributed by atoms with Gasteiger partial charge in [0, 0.05) is 19.1 Å². The highest BCUT2D eigenvalue weighted by atomic mass is 15.1. The molecule has 1 atom stereocenters. The summed E-state index contributed by atoms with van der Waals surface area (Å²) in [4.78, 5) is 2.59. The molecule has 0 spiro atoms. The molecule has 0 aromatic rings. The molecule has 92 valence electrons. The number of piperidine rings is 1. The third kappa shape index (κ3) is 3.91. The lowest BCUT2D eigenvalue weighted by Crippen LogP contribution is -2.35. The Morgan fingerprint density at radius 1 is 1.44 bits per heavy atom. The highest BCUT2D eigenvalue weighted by Gasteiger charge is 2.13. The fraction of sp³-hybridized carbons (Fsp3) is 0.857. The largest absolute Gasteiger partial charge is 0.314 e. The van der Waals surface area contributed by atoms with Crippen molar-refractivity contribution in [3.8, 4) is 0 Å². The minimum absolute atomic E-state index is 0.816. The fourth-order valence-corrected chi connectivity index (χ4v) is 2.75. The van der Waals surface area contributed by atoms with Gasteiger partial charge in [-0.05, 0) is 52.1 Å². The van der Waals surface area contributed by atoms with Crippen LogP contribution in [0.1, 0.15) is 45.4 Å². The molecule has 2 aliphatic rings. The van der Waals surface area contributed by atoms with Gasteiger partial charge in [0.1, 0.15) is 0 Å². The molecule has 1 N–H and O–H groups in total. The molecule has 0 saturated carbocycles. The van der Waals surface area contributed by atoms with Gasteiger partial charge in [-0.15, -0.1) is 0 Å². The minimum atomic E-state index is 0.816. The smallest absolute Gasteiger partial charge is 0.0165 e. The van der Waals surface area contributed by atoms with E-state index in [1.807, 2.05) is 0 Å². The first-order valence-electron chi connectivity index (χ1n) is 6.96. The van der Waals surface area contributed by atoms with E-state index in [0.29, 0.717) is 0 Å². The van der Waals surface area contributed by atoms with Crippen LogP contribution in [-0.2, 0) is 0 Å². The molecule has 2 heterocycles. The van der Waals surface area contributed by atoms with Gasteiger partial charge in [-0.1, -0.05) is 18.1 Å². The molecule has 0 amide bonds. The van der Waals surface area contributed by atoms with E-state index in [2.05, 4.69) is 23.2 Å². The summed E-state index contributed by atoms with van der Waals surface area (Å²) in [5, 5.41) is 3.63. The lowest BCUT2D eigenvalue weighted by atomic mass is 10.0. The van der Waals surface area contributed by atoms with Crippen molar-refractivity contribution in [2.75, 3.05) is 26.2 Å². The summed E-state index contributed by atoms with van der Waals surface area (Å²) in [6.07, 6.45) is 10.6. The summed E-state index contributed by atoms with van der Waals surface area (Å²) in [5.74, 6) is 0. The molecule has 16 heavy (non-hydrogen) atoms. The zero-order chi connectivity index (χ0) is 11.2. The molecule has 1 unspecified atom stereocenters. The first kappa shape index (κ1) is 12.1. The highest BCUT2D eigenvalue weighted by Crippen LogP contribution is 2.14. The van der Waals surface area contributed by atoms with Crippen molar-refractivity contribution >= 4 is 0 Å². The second-order valence-electron chi connectivity index (χ2n) is 5.39. The molecule has 2 nitrogen and oxygen atoms in total. The van der Waals surface area contributed by atoms with Crippen molar-refractivity contribution in [3.05, 3.63) is 11.6 Å². The van der Waals surface area contributed by atoms with Gasteiger partial charge in [0.05, 0.1) is 0 Å². The Morgan fingerprint density at radius 2 is 2.38 bits per heavy atom. The molecule has 0 aromatic heterocycles. The molecule has 0 aliphatic carbocycles. The molecule has 2 rings (SSSR count). The van der Waals surface area contributed by atoms with Crippen molar-refractivity contribution in [1.82, 2.24) is 10.2 Å². The number of rotatable bonds is 4. The molecule has 2 heteroatoms. The number of hydrogen-bond donors (Lipinski definition) is 1. The summed E-state index contributed by atoms with van der Waals surface area (Å²) in [6.45, 7) is 7.26. The molecule has 1 saturated heterocycles. The third-order valence-corrected chi connectivity index (χ3v) is 3.96. The third-order valence-electron chi connectivity index (χ3n) is 3.96. The Hall–Kier alpha value is -0.340. The summed E-state index contributed by atoms with van der Waals surface area (Å²) >= 11 is 0. The normalized spacial score (nSPS) is 27.8. The van der Waals surface area contributed by atoms with E-state index >= 15 is 0 Å². The Kier molecular flexibility index (Phi) is 4.86. The summed E-state index contributed by atoms with van der Waals surface area (Å²) < 4.78 is 0. The van der Waals surface area contributed by atoms with E-state index in [1.54, 1.807) is 5.57 Å². The standard InChI is InChI=1S/C14H26N2/c1-13-7-11-16(12-8-13)10-4-6-14-5-2-3-9-15-14/h7,14-15H,2-6,8-12H2,1H3.